The van der Waals surface area contributed by atoms with Gasteiger partial charge in [-0.15, -0.1) is 0 Å². The monoisotopic (exact) mass is 418 g/mol. The van der Waals surface area contributed by atoms with Gasteiger partial charge < -0.3 is 21.3 Å². The molecular weight excluding hydrogens is 384 g/mol. The average molecular weight is 419 g/mol. The van der Waals surface area contributed by atoms with Crippen LogP contribution in [0.1, 0.15) is 35.1 Å². The predicted octanol–water partition coefficient (Wildman–Crippen LogP) is 3.13. The predicted molar refractivity (Wildman–Crippen MR) is 128 cm³/mol. The van der Waals surface area contributed by atoms with Crippen molar-refractivity contribution in [2.45, 2.75) is 38.3 Å². The third-order valence-corrected chi connectivity index (χ3v) is 5.54. The van der Waals surface area contributed by atoms with Crippen molar-refractivity contribution in [2.75, 3.05) is 20.6 Å². The normalized spacial score (nSPS) is 17.5. The molecule has 1 fully saturated rings. The number of unbranched alkanes of at least 4 members (excludes halogenated alkanes) is 1. The zero-order valence-electron chi connectivity index (χ0n) is 18.6. The Morgan fingerprint density at radius 2 is 1.61 bits per heavy atom. The number of piperazine rings is 1. The summed E-state index contributed by atoms with van der Waals surface area (Å²) < 4.78 is 0. The molecular formula is C26H34N4O. The number of aryl methyl sites for hydroxylation is 1. The molecule has 5 nitrogen and oxygen atoms in total. The number of carbonyl (C=O) groups excluding carboxylic acids is 1. The standard InChI is InChI=1S/C26H34N4O/c1-19-24(16-21-11-13-23(14-12-21)18-28-3)30-26(31)25(29-19)17-22-9-7-20(8-10-22)6-4-5-15-27-2/h7-14,17,24,27-29H,1,4-6,15-16,18H2,2-3H3,(H,30,31)/b25-17-. The van der Waals surface area contributed by atoms with E-state index in [0.29, 0.717) is 12.1 Å². The van der Waals surface area contributed by atoms with Crippen LogP contribution in [-0.4, -0.2) is 32.6 Å². The topological polar surface area (TPSA) is 65.2 Å². The van der Waals surface area contributed by atoms with E-state index < -0.39 is 0 Å². The van der Waals surface area contributed by atoms with Crippen LogP contribution in [0.5, 0.6) is 0 Å². The molecule has 0 saturated carbocycles. The molecule has 2 aromatic carbocycles. The van der Waals surface area contributed by atoms with Crippen molar-refractivity contribution in [2.24, 2.45) is 0 Å². The number of amides is 1. The van der Waals surface area contributed by atoms with Crippen LogP contribution < -0.4 is 21.3 Å². The maximum absolute atomic E-state index is 12.7. The van der Waals surface area contributed by atoms with Crippen LogP contribution in [0.3, 0.4) is 0 Å². The Morgan fingerprint density at radius 3 is 2.29 bits per heavy atom. The zero-order valence-corrected chi connectivity index (χ0v) is 18.6. The van der Waals surface area contributed by atoms with Crippen LogP contribution in [0.15, 0.2) is 66.5 Å². The molecule has 0 aliphatic carbocycles. The van der Waals surface area contributed by atoms with E-state index in [4.69, 9.17) is 0 Å². The van der Waals surface area contributed by atoms with Crippen molar-refractivity contribution in [3.63, 3.8) is 0 Å². The Labute approximate surface area is 186 Å². The molecule has 2 aromatic rings. The number of hydrogen-bond donors (Lipinski definition) is 4. The molecule has 1 aliphatic rings. The van der Waals surface area contributed by atoms with E-state index in [1.165, 1.54) is 29.5 Å². The maximum Gasteiger partial charge on any atom is 0.268 e. The maximum atomic E-state index is 12.7. The Kier molecular flexibility index (Phi) is 8.44. The smallest absolute Gasteiger partial charge is 0.268 e. The minimum absolute atomic E-state index is 0.0969. The van der Waals surface area contributed by atoms with E-state index in [-0.39, 0.29) is 11.9 Å². The first-order valence-electron chi connectivity index (χ1n) is 11.0. The summed E-state index contributed by atoms with van der Waals surface area (Å²) in [6.45, 7) is 6.05. The first-order chi connectivity index (χ1) is 15.1. The lowest BCUT2D eigenvalue weighted by atomic mass is 9.99. The van der Waals surface area contributed by atoms with Gasteiger partial charge in [0.2, 0.25) is 0 Å². The van der Waals surface area contributed by atoms with Crippen molar-refractivity contribution >= 4 is 12.0 Å². The van der Waals surface area contributed by atoms with Crippen LogP contribution in [0.4, 0.5) is 0 Å². The summed E-state index contributed by atoms with van der Waals surface area (Å²) in [4.78, 5) is 12.7. The van der Waals surface area contributed by atoms with Crippen molar-refractivity contribution in [3.8, 4) is 0 Å². The molecule has 0 bridgehead atoms. The largest absolute Gasteiger partial charge is 0.353 e. The van der Waals surface area contributed by atoms with Gasteiger partial charge >= 0.3 is 0 Å². The SMILES string of the molecule is C=C1N/C(=C\c2ccc(CCCCNC)cc2)C(=O)NC1Cc1ccc(CNC)cc1. The summed E-state index contributed by atoms with van der Waals surface area (Å²) in [6, 6.07) is 16.7. The molecule has 0 aromatic heterocycles. The second-order valence-electron chi connectivity index (χ2n) is 8.09. The Bertz CT molecular complexity index is 900. The van der Waals surface area contributed by atoms with Crippen molar-refractivity contribution in [3.05, 3.63) is 88.8 Å². The zero-order chi connectivity index (χ0) is 22.1. The number of nitrogens with one attached hydrogen (secondary N) is 4. The highest BCUT2D eigenvalue weighted by Gasteiger charge is 2.25. The van der Waals surface area contributed by atoms with E-state index in [1.54, 1.807) is 0 Å². The molecule has 5 heteroatoms. The van der Waals surface area contributed by atoms with E-state index in [1.807, 2.05) is 20.2 Å². The molecule has 3 rings (SSSR count). The summed E-state index contributed by atoms with van der Waals surface area (Å²) in [7, 11) is 3.92. The molecule has 4 N–H and O–H groups in total. The Morgan fingerprint density at radius 1 is 0.935 bits per heavy atom. The van der Waals surface area contributed by atoms with Crippen LogP contribution in [0.2, 0.25) is 0 Å². The second-order valence-corrected chi connectivity index (χ2v) is 8.09. The highest BCUT2D eigenvalue weighted by atomic mass is 16.2. The van der Waals surface area contributed by atoms with E-state index in [9.17, 15) is 4.79 Å². The minimum atomic E-state index is -0.125. The minimum Gasteiger partial charge on any atom is -0.353 e. The number of hydrogen-bond acceptors (Lipinski definition) is 4. The first kappa shape index (κ1) is 22.8. The van der Waals surface area contributed by atoms with Gasteiger partial charge in [0.05, 0.1) is 6.04 Å². The van der Waals surface area contributed by atoms with Gasteiger partial charge in [0.1, 0.15) is 5.70 Å². The van der Waals surface area contributed by atoms with Crippen LogP contribution in [-0.2, 0) is 24.2 Å². The van der Waals surface area contributed by atoms with Gasteiger partial charge in [0, 0.05) is 12.2 Å². The van der Waals surface area contributed by atoms with Gasteiger partial charge in [-0.2, -0.15) is 0 Å². The van der Waals surface area contributed by atoms with Crippen molar-refractivity contribution < 1.29 is 4.79 Å². The molecule has 1 heterocycles. The third kappa shape index (κ3) is 6.81. The van der Waals surface area contributed by atoms with Gasteiger partial charge in [0.25, 0.3) is 5.91 Å². The molecule has 1 unspecified atom stereocenters. The van der Waals surface area contributed by atoms with Crippen LogP contribution in [0, 0.1) is 0 Å². The van der Waals surface area contributed by atoms with Crippen LogP contribution in [0.25, 0.3) is 6.08 Å². The molecule has 1 amide bonds. The number of carbonyl (C=O) groups is 1. The fraction of sp³-hybridized carbons (Fsp3) is 0.346. The molecule has 164 valence electrons. The fourth-order valence-corrected chi connectivity index (χ4v) is 3.73. The summed E-state index contributed by atoms with van der Waals surface area (Å²) in [5.74, 6) is -0.0969. The lowest BCUT2D eigenvalue weighted by Gasteiger charge is -2.29. The number of benzene rings is 2. The molecule has 0 spiro atoms. The molecule has 0 radical (unpaired) electrons. The summed E-state index contributed by atoms with van der Waals surface area (Å²) in [6.07, 6.45) is 6.02. The third-order valence-electron chi connectivity index (χ3n) is 5.54. The molecule has 1 aliphatic heterocycles. The summed E-state index contributed by atoms with van der Waals surface area (Å²) >= 11 is 0. The molecule has 31 heavy (non-hydrogen) atoms. The quantitative estimate of drug-likeness (QED) is 0.354. The molecule has 1 atom stereocenters. The second kappa shape index (κ2) is 11.5. The number of rotatable bonds is 10. The van der Waals surface area contributed by atoms with E-state index in [2.05, 4.69) is 76.4 Å². The van der Waals surface area contributed by atoms with Crippen molar-refractivity contribution in [1.29, 1.82) is 0 Å². The lowest BCUT2D eigenvalue weighted by Crippen LogP contribution is -2.49. The highest BCUT2D eigenvalue weighted by Crippen LogP contribution is 2.17. The molecule has 1 saturated heterocycles. The first-order valence-corrected chi connectivity index (χ1v) is 11.0. The summed E-state index contributed by atoms with van der Waals surface area (Å²) in [5.41, 5.74) is 6.09. The summed E-state index contributed by atoms with van der Waals surface area (Å²) in [5, 5.41) is 12.6. The highest BCUT2D eigenvalue weighted by molar-refractivity contribution is 5.99. The van der Waals surface area contributed by atoms with Crippen molar-refractivity contribution in [1.82, 2.24) is 21.3 Å². The Balaban J connectivity index is 1.57. The van der Waals surface area contributed by atoms with Crippen LogP contribution >= 0.6 is 0 Å². The van der Waals surface area contributed by atoms with E-state index in [0.717, 1.165) is 30.8 Å². The van der Waals surface area contributed by atoms with Gasteiger partial charge in [-0.25, -0.2) is 0 Å². The average Bonchev–Trinajstić information content (AvgIpc) is 2.77. The van der Waals surface area contributed by atoms with Gasteiger partial charge in [-0.1, -0.05) is 55.1 Å². The van der Waals surface area contributed by atoms with Gasteiger partial charge in [-0.3, -0.25) is 4.79 Å². The van der Waals surface area contributed by atoms with Gasteiger partial charge in [0.15, 0.2) is 0 Å². The fourth-order valence-electron chi connectivity index (χ4n) is 3.73. The lowest BCUT2D eigenvalue weighted by molar-refractivity contribution is -0.118. The van der Waals surface area contributed by atoms with Gasteiger partial charge in [-0.05, 0) is 74.7 Å². The van der Waals surface area contributed by atoms with E-state index >= 15 is 0 Å². The Hall–Kier alpha value is -2.89.